The van der Waals surface area contributed by atoms with E-state index in [1.165, 1.54) is 263 Å². The molecule has 0 spiro atoms. The van der Waals surface area contributed by atoms with Crippen LogP contribution in [0.2, 0.25) is 0 Å². The second kappa shape index (κ2) is 59.3. The lowest BCUT2D eigenvalue weighted by Gasteiger charge is -2.26. The summed E-state index contributed by atoms with van der Waals surface area (Å²) < 4.78 is 23.9. The van der Waals surface area contributed by atoms with Crippen LogP contribution in [0.25, 0.3) is 0 Å². The first-order valence-corrected chi connectivity index (χ1v) is 35.3. The van der Waals surface area contributed by atoms with E-state index in [2.05, 4.69) is 55.6 Å². The van der Waals surface area contributed by atoms with Gasteiger partial charge < -0.3 is 19.8 Å². The number of hydrogen-bond acceptors (Lipinski definition) is 5. The third-order valence-corrected chi connectivity index (χ3v) is 16.6. The minimum atomic E-state index is -4.33. The molecule has 0 aromatic heterocycles. The number of aliphatic hydroxyl groups excluding tert-OH is 1. The molecule has 9 heteroatoms. The highest BCUT2D eigenvalue weighted by molar-refractivity contribution is 7.47. The number of rotatable bonds is 63. The first-order valence-electron chi connectivity index (χ1n) is 33.9. The third kappa shape index (κ3) is 62.2. The van der Waals surface area contributed by atoms with Crippen molar-refractivity contribution in [2.75, 3.05) is 40.9 Å². The molecule has 3 atom stereocenters. The summed E-state index contributed by atoms with van der Waals surface area (Å²) in [5, 5.41) is 14.1. The fraction of sp³-hybridized carbons (Fsp3) is 0.897. The van der Waals surface area contributed by atoms with Crippen LogP contribution < -0.4 is 5.32 Å². The summed E-state index contributed by atoms with van der Waals surface area (Å²) in [6.45, 7) is 4.93. The van der Waals surface area contributed by atoms with Gasteiger partial charge in [0.05, 0.1) is 39.9 Å². The zero-order valence-corrected chi connectivity index (χ0v) is 53.1. The Labute approximate surface area is 480 Å². The van der Waals surface area contributed by atoms with Gasteiger partial charge in [-0.25, -0.2) is 4.57 Å². The number of allylic oxidation sites excluding steroid dienone is 6. The molecule has 0 aliphatic rings. The molecule has 0 aromatic rings. The lowest BCUT2D eigenvalue weighted by atomic mass is 10.0. The first-order chi connectivity index (χ1) is 37.5. The second-order valence-corrected chi connectivity index (χ2v) is 26.0. The summed E-state index contributed by atoms with van der Waals surface area (Å²) in [7, 11) is 1.63. The maximum absolute atomic E-state index is 13.1. The summed E-state index contributed by atoms with van der Waals surface area (Å²) in [6, 6.07) is -0.760. The molecule has 0 saturated carbocycles. The summed E-state index contributed by atoms with van der Waals surface area (Å²) in [5.41, 5.74) is 0. The van der Waals surface area contributed by atoms with Crippen molar-refractivity contribution in [2.24, 2.45) is 0 Å². The standard InChI is InChI=1S/C68H133N2O6P/c1-6-8-10-12-14-16-18-20-22-24-26-28-29-30-31-32-33-34-35-36-37-38-39-40-41-42-44-46-48-50-52-54-56-58-60-62-68(72)69-66(65-76-77(73,74)75-64-63-70(3,4)5)67(71)61-59-57-55-53-51-49-47-45-43-27-25-23-21-19-17-15-13-11-9-7-2/h18,20,24,26,29-30,66-67,71H,6-17,19,21-23,25,27-28,31-65H2,1-5H3,(H-,69,72,73,74)/p+1/b20-18-,26-24-,30-29-. The molecular weight excluding hydrogens is 972 g/mol. The van der Waals surface area contributed by atoms with Crippen molar-refractivity contribution in [1.29, 1.82) is 0 Å². The highest BCUT2D eigenvalue weighted by atomic mass is 31.2. The van der Waals surface area contributed by atoms with Crippen molar-refractivity contribution >= 4 is 13.7 Å². The molecule has 3 unspecified atom stereocenters. The maximum atomic E-state index is 13.1. The normalized spacial score (nSPS) is 13.9. The predicted molar refractivity (Wildman–Crippen MR) is 337 cm³/mol. The van der Waals surface area contributed by atoms with Gasteiger partial charge in [0.15, 0.2) is 0 Å². The number of hydrogen-bond donors (Lipinski definition) is 3. The number of quaternary nitrogens is 1. The van der Waals surface area contributed by atoms with Crippen LogP contribution >= 0.6 is 7.82 Å². The Kier molecular flexibility index (Phi) is 58.4. The van der Waals surface area contributed by atoms with E-state index in [1.54, 1.807) is 0 Å². The molecule has 0 bridgehead atoms. The molecule has 0 aromatic carbocycles. The lowest BCUT2D eigenvalue weighted by Crippen LogP contribution is -2.46. The van der Waals surface area contributed by atoms with Crippen LogP contribution in [0, 0.1) is 0 Å². The number of amides is 1. The molecule has 0 saturated heterocycles. The van der Waals surface area contributed by atoms with Crippen molar-refractivity contribution in [3.63, 3.8) is 0 Å². The number of unbranched alkanes of at least 4 members (excludes halogenated alkanes) is 44. The maximum Gasteiger partial charge on any atom is 0.472 e. The van der Waals surface area contributed by atoms with E-state index in [-0.39, 0.29) is 19.1 Å². The minimum Gasteiger partial charge on any atom is -0.391 e. The Morgan fingerprint density at radius 1 is 0.442 bits per heavy atom. The Morgan fingerprint density at radius 2 is 0.740 bits per heavy atom. The number of carbonyl (C=O) groups excluding carboxylic acids is 1. The Morgan fingerprint density at radius 3 is 1.08 bits per heavy atom. The summed E-state index contributed by atoms with van der Waals surface area (Å²) in [4.78, 5) is 23.4. The molecule has 0 aliphatic carbocycles. The Bertz CT molecular complexity index is 1350. The van der Waals surface area contributed by atoms with Crippen molar-refractivity contribution in [3.8, 4) is 0 Å². The van der Waals surface area contributed by atoms with Gasteiger partial charge in [0, 0.05) is 6.42 Å². The predicted octanol–water partition coefficient (Wildman–Crippen LogP) is 21.3. The average molecular weight is 1110 g/mol. The largest absolute Gasteiger partial charge is 0.472 e. The van der Waals surface area contributed by atoms with Crippen molar-refractivity contribution in [2.45, 2.75) is 353 Å². The summed E-state index contributed by atoms with van der Waals surface area (Å²) >= 11 is 0. The van der Waals surface area contributed by atoms with Gasteiger partial charge in [0.1, 0.15) is 13.2 Å². The molecule has 0 rings (SSSR count). The van der Waals surface area contributed by atoms with E-state index < -0.39 is 20.0 Å². The fourth-order valence-corrected chi connectivity index (χ4v) is 11.1. The molecule has 3 N–H and O–H groups in total. The van der Waals surface area contributed by atoms with E-state index >= 15 is 0 Å². The van der Waals surface area contributed by atoms with Crippen LogP contribution in [0.5, 0.6) is 0 Å². The first kappa shape index (κ1) is 75.7. The highest BCUT2D eigenvalue weighted by Crippen LogP contribution is 2.43. The molecule has 0 fully saturated rings. The number of nitrogens with one attached hydrogen (secondary N) is 1. The van der Waals surface area contributed by atoms with Crippen molar-refractivity contribution < 1.29 is 32.9 Å². The molecule has 8 nitrogen and oxygen atoms in total. The number of aliphatic hydroxyl groups is 1. The molecular formula is C68H134N2O6P+. The van der Waals surface area contributed by atoms with Gasteiger partial charge in [-0.15, -0.1) is 0 Å². The Balaban J connectivity index is 3.98. The van der Waals surface area contributed by atoms with Crippen LogP contribution in [0.15, 0.2) is 36.5 Å². The van der Waals surface area contributed by atoms with Gasteiger partial charge in [-0.3, -0.25) is 13.8 Å². The van der Waals surface area contributed by atoms with Crippen LogP contribution in [-0.2, 0) is 18.4 Å². The number of nitrogens with zero attached hydrogens (tertiary/aromatic N) is 1. The monoisotopic (exact) mass is 1110 g/mol. The van der Waals surface area contributed by atoms with Gasteiger partial charge in [-0.1, -0.05) is 320 Å². The van der Waals surface area contributed by atoms with Crippen molar-refractivity contribution in [3.05, 3.63) is 36.5 Å². The number of phosphoric ester groups is 1. The van der Waals surface area contributed by atoms with E-state index in [9.17, 15) is 19.4 Å². The van der Waals surface area contributed by atoms with Crippen LogP contribution in [-0.4, -0.2) is 73.4 Å². The fourth-order valence-electron chi connectivity index (χ4n) is 10.4. The van der Waals surface area contributed by atoms with Gasteiger partial charge in [-0.2, -0.15) is 0 Å². The van der Waals surface area contributed by atoms with E-state index in [0.717, 1.165) is 51.4 Å². The van der Waals surface area contributed by atoms with Crippen LogP contribution in [0.4, 0.5) is 0 Å². The zero-order chi connectivity index (χ0) is 56.3. The quantitative estimate of drug-likeness (QED) is 0.0243. The van der Waals surface area contributed by atoms with Crippen LogP contribution in [0.3, 0.4) is 0 Å². The SMILES string of the molecule is CCCCCCC/C=C\C/C=C\C/C=C\CCCCCCCCCCCCCCCCCCCCCCC(=O)NC(COP(=O)(O)OCC[N+](C)(C)C)C(O)CCCCCCCCCCCCCCCCCCCCCC. The topological polar surface area (TPSA) is 105 Å². The molecule has 0 aliphatic heterocycles. The minimum absolute atomic E-state index is 0.0768. The van der Waals surface area contributed by atoms with Gasteiger partial charge in [-0.05, 0) is 51.4 Å². The Hall–Kier alpha value is -1.28. The zero-order valence-electron chi connectivity index (χ0n) is 52.2. The van der Waals surface area contributed by atoms with E-state index in [4.69, 9.17) is 9.05 Å². The van der Waals surface area contributed by atoms with Crippen molar-refractivity contribution in [1.82, 2.24) is 5.32 Å². The second-order valence-electron chi connectivity index (χ2n) is 24.6. The van der Waals surface area contributed by atoms with Gasteiger partial charge in [0.2, 0.25) is 5.91 Å². The molecule has 77 heavy (non-hydrogen) atoms. The summed E-state index contributed by atoms with van der Waals surface area (Å²) in [6.07, 6.45) is 78.1. The highest BCUT2D eigenvalue weighted by Gasteiger charge is 2.28. The number of phosphoric acid groups is 1. The van der Waals surface area contributed by atoms with E-state index in [1.807, 2.05) is 21.1 Å². The summed E-state index contributed by atoms with van der Waals surface area (Å²) in [5.74, 6) is -0.137. The third-order valence-electron chi connectivity index (χ3n) is 15.6. The molecule has 0 radical (unpaired) electrons. The van der Waals surface area contributed by atoms with Crippen LogP contribution in [0.1, 0.15) is 341 Å². The average Bonchev–Trinajstić information content (AvgIpc) is 3.39. The number of carbonyl (C=O) groups is 1. The van der Waals surface area contributed by atoms with Gasteiger partial charge in [0.25, 0.3) is 0 Å². The molecule has 0 heterocycles. The number of likely N-dealkylation sites (N-methyl/N-ethyl adjacent to an activating group) is 1. The van der Waals surface area contributed by atoms with Gasteiger partial charge >= 0.3 is 7.82 Å². The van der Waals surface area contributed by atoms with E-state index in [0.29, 0.717) is 23.9 Å². The molecule has 456 valence electrons. The lowest BCUT2D eigenvalue weighted by molar-refractivity contribution is -0.870. The smallest absolute Gasteiger partial charge is 0.391 e. The molecule has 1 amide bonds.